The number of carbonyl (C=O) groups excluding carboxylic acids is 1. The lowest BCUT2D eigenvalue weighted by Gasteiger charge is -2.17. The first-order valence-electron chi connectivity index (χ1n) is 16.6. The molecule has 0 aliphatic rings. The maximum atomic E-state index is 11.6. The SMILES string of the molecule is C/C=C/C=C/C(=O)OCC(C)CCCC(C)CCCC(C)CCCCC(C)CCCC(C)CCCC(C)C. The fourth-order valence-electron chi connectivity index (χ4n) is 5.48. The van der Waals surface area contributed by atoms with Gasteiger partial charge in [0.1, 0.15) is 0 Å². The highest BCUT2D eigenvalue weighted by atomic mass is 16.5. The average molecular weight is 533 g/mol. The van der Waals surface area contributed by atoms with Crippen molar-refractivity contribution in [3.63, 3.8) is 0 Å². The van der Waals surface area contributed by atoms with Gasteiger partial charge in [0.15, 0.2) is 0 Å². The molecule has 0 aromatic carbocycles. The summed E-state index contributed by atoms with van der Waals surface area (Å²) in [6.45, 7) is 19.1. The van der Waals surface area contributed by atoms with Gasteiger partial charge in [0.25, 0.3) is 0 Å². The molecule has 0 aromatic rings. The second-order valence-electron chi connectivity index (χ2n) is 13.4. The van der Waals surface area contributed by atoms with Crippen molar-refractivity contribution in [3.05, 3.63) is 24.3 Å². The normalized spacial score (nSPS) is 16.2. The van der Waals surface area contributed by atoms with Crippen molar-refractivity contribution in [2.24, 2.45) is 35.5 Å². The summed E-state index contributed by atoms with van der Waals surface area (Å²) in [6, 6.07) is 0. The largest absolute Gasteiger partial charge is 0.462 e. The Kier molecular flexibility index (Phi) is 24.3. The zero-order chi connectivity index (χ0) is 28.6. The molecule has 224 valence electrons. The smallest absolute Gasteiger partial charge is 0.330 e. The van der Waals surface area contributed by atoms with Gasteiger partial charge in [-0.1, -0.05) is 163 Å². The maximum Gasteiger partial charge on any atom is 0.330 e. The number of esters is 1. The van der Waals surface area contributed by atoms with Crippen LogP contribution in [0.3, 0.4) is 0 Å². The second kappa shape index (κ2) is 25.0. The standard InChI is InChI=1S/C36H68O2/c1-9-10-11-28-36(37)38-29-35(8)27-17-26-34(7)25-16-23-32(5)20-13-12-19-31(4)22-15-24-33(6)21-14-18-30(2)3/h9-11,28,30-35H,12-27,29H2,1-8H3/b10-9+,28-11+. The molecular weight excluding hydrogens is 464 g/mol. The van der Waals surface area contributed by atoms with Gasteiger partial charge in [0, 0.05) is 6.08 Å². The van der Waals surface area contributed by atoms with Gasteiger partial charge in [-0.05, 0) is 48.9 Å². The summed E-state index contributed by atoms with van der Waals surface area (Å²) in [5, 5.41) is 0. The van der Waals surface area contributed by atoms with Crippen LogP contribution < -0.4 is 0 Å². The molecule has 5 atom stereocenters. The topological polar surface area (TPSA) is 26.3 Å². The Morgan fingerprint density at radius 2 is 0.895 bits per heavy atom. The number of carbonyl (C=O) groups is 1. The molecule has 0 radical (unpaired) electrons. The van der Waals surface area contributed by atoms with Crippen LogP contribution in [0.15, 0.2) is 24.3 Å². The van der Waals surface area contributed by atoms with E-state index in [1.165, 1.54) is 102 Å². The van der Waals surface area contributed by atoms with Crippen molar-refractivity contribution in [1.82, 2.24) is 0 Å². The summed E-state index contributed by atoms with van der Waals surface area (Å²) in [5.41, 5.74) is 0. The van der Waals surface area contributed by atoms with Crippen LogP contribution in [0.5, 0.6) is 0 Å². The first kappa shape index (κ1) is 37.0. The van der Waals surface area contributed by atoms with Crippen molar-refractivity contribution in [1.29, 1.82) is 0 Å². The molecule has 0 aliphatic carbocycles. The van der Waals surface area contributed by atoms with E-state index in [0.29, 0.717) is 12.5 Å². The molecule has 0 fully saturated rings. The van der Waals surface area contributed by atoms with Crippen LogP contribution in [0.25, 0.3) is 0 Å². The lowest BCUT2D eigenvalue weighted by atomic mass is 9.90. The van der Waals surface area contributed by atoms with E-state index < -0.39 is 0 Å². The van der Waals surface area contributed by atoms with E-state index in [-0.39, 0.29) is 5.97 Å². The van der Waals surface area contributed by atoms with Crippen LogP contribution in [0, 0.1) is 35.5 Å². The van der Waals surface area contributed by atoms with Crippen molar-refractivity contribution >= 4 is 5.97 Å². The molecule has 0 rings (SSSR count). The van der Waals surface area contributed by atoms with Crippen LogP contribution in [-0.2, 0) is 9.53 Å². The number of hydrogen-bond acceptors (Lipinski definition) is 2. The van der Waals surface area contributed by atoms with E-state index in [2.05, 4.69) is 48.5 Å². The zero-order valence-electron chi connectivity index (χ0n) is 27.1. The minimum atomic E-state index is -0.236. The van der Waals surface area contributed by atoms with E-state index in [4.69, 9.17) is 4.74 Å². The summed E-state index contributed by atoms with van der Waals surface area (Å²) in [5.74, 6) is 4.57. The Bertz CT molecular complexity index is 590. The van der Waals surface area contributed by atoms with Crippen molar-refractivity contribution in [2.75, 3.05) is 6.61 Å². The fraction of sp³-hybridized carbons (Fsp3) is 0.861. The molecule has 0 aliphatic heterocycles. The summed E-state index contributed by atoms with van der Waals surface area (Å²) in [7, 11) is 0. The third-order valence-electron chi connectivity index (χ3n) is 8.35. The number of ether oxygens (including phenoxy) is 1. The minimum Gasteiger partial charge on any atom is -0.462 e. The molecule has 0 heterocycles. The summed E-state index contributed by atoms with van der Waals surface area (Å²) in [6.07, 6.45) is 29.0. The van der Waals surface area contributed by atoms with E-state index in [0.717, 1.165) is 36.0 Å². The Labute approximate surface area is 239 Å². The lowest BCUT2D eigenvalue weighted by molar-refractivity contribution is -0.139. The highest BCUT2D eigenvalue weighted by Gasteiger charge is 2.10. The minimum absolute atomic E-state index is 0.236. The van der Waals surface area contributed by atoms with Crippen molar-refractivity contribution in [2.45, 2.75) is 158 Å². The van der Waals surface area contributed by atoms with E-state index in [1.807, 2.05) is 19.1 Å². The van der Waals surface area contributed by atoms with Crippen molar-refractivity contribution in [3.8, 4) is 0 Å². The molecule has 5 unspecified atom stereocenters. The molecule has 0 spiro atoms. The van der Waals surface area contributed by atoms with E-state index in [1.54, 1.807) is 6.08 Å². The van der Waals surface area contributed by atoms with Crippen LogP contribution in [0.1, 0.15) is 158 Å². The molecule has 0 aromatic heterocycles. The average Bonchev–Trinajstić information content (AvgIpc) is 2.85. The van der Waals surface area contributed by atoms with Gasteiger partial charge in [0.2, 0.25) is 0 Å². The molecule has 38 heavy (non-hydrogen) atoms. The Hall–Kier alpha value is -1.05. The number of allylic oxidation sites excluding steroid dienone is 3. The molecule has 0 saturated heterocycles. The van der Waals surface area contributed by atoms with Gasteiger partial charge < -0.3 is 4.74 Å². The lowest BCUT2D eigenvalue weighted by Crippen LogP contribution is -2.10. The Balaban J connectivity index is 3.68. The van der Waals surface area contributed by atoms with Crippen molar-refractivity contribution < 1.29 is 9.53 Å². The number of unbranched alkanes of at least 4 members (excludes halogenated alkanes) is 1. The maximum absolute atomic E-state index is 11.6. The van der Waals surface area contributed by atoms with Gasteiger partial charge >= 0.3 is 5.97 Å². The zero-order valence-corrected chi connectivity index (χ0v) is 27.1. The van der Waals surface area contributed by atoms with Gasteiger partial charge in [-0.25, -0.2) is 4.79 Å². The molecule has 0 amide bonds. The molecule has 2 nitrogen and oxygen atoms in total. The second-order valence-corrected chi connectivity index (χ2v) is 13.4. The third kappa shape index (κ3) is 25.2. The predicted molar refractivity (Wildman–Crippen MR) is 169 cm³/mol. The molecule has 2 heteroatoms. The summed E-state index contributed by atoms with van der Waals surface area (Å²) < 4.78 is 5.34. The monoisotopic (exact) mass is 533 g/mol. The van der Waals surface area contributed by atoms with E-state index >= 15 is 0 Å². The quantitative estimate of drug-likeness (QED) is 0.0505. The first-order valence-corrected chi connectivity index (χ1v) is 16.6. The molecule has 0 N–H and O–H groups in total. The highest BCUT2D eigenvalue weighted by molar-refractivity contribution is 5.82. The van der Waals surface area contributed by atoms with Crippen LogP contribution in [0.2, 0.25) is 0 Å². The van der Waals surface area contributed by atoms with Crippen LogP contribution in [0.4, 0.5) is 0 Å². The number of hydrogen-bond donors (Lipinski definition) is 0. The highest BCUT2D eigenvalue weighted by Crippen LogP contribution is 2.24. The number of rotatable bonds is 25. The van der Waals surface area contributed by atoms with Crippen LogP contribution in [-0.4, -0.2) is 12.6 Å². The molecule has 0 bridgehead atoms. The molecule has 0 saturated carbocycles. The van der Waals surface area contributed by atoms with Crippen LogP contribution >= 0.6 is 0 Å². The predicted octanol–water partition coefficient (Wildman–Crippen LogP) is 11.7. The van der Waals surface area contributed by atoms with Gasteiger partial charge in [-0.2, -0.15) is 0 Å². The van der Waals surface area contributed by atoms with E-state index in [9.17, 15) is 4.79 Å². The Morgan fingerprint density at radius 1 is 0.526 bits per heavy atom. The third-order valence-corrected chi connectivity index (χ3v) is 8.35. The fourth-order valence-corrected chi connectivity index (χ4v) is 5.48. The van der Waals surface area contributed by atoms with Gasteiger partial charge in [0.05, 0.1) is 6.61 Å². The summed E-state index contributed by atoms with van der Waals surface area (Å²) in [4.78, 5) is 11.6. The summed E-state index contributed by atoms with van der Waals surface area (Å²) >= 11 is 0. The Morgan fingerprint density at radius 3 is 1.29 bits per heavy atom. The van der Waals surface area contributed by atoms with Gasteiger partial charge in [-0.3, -0.25) is 0 Å². The first-order chi connectivity index (χ1) is 18.1. The van der Waals surface area contributed by atoms with Gasteiger partial charge in [-0.15, -0.1) is 0 Å². The molecular formula is C36H68O2.